The van der Waals surface area contributed by atoms with Crippen molar-refractivity contribution in [3.8, 4) is 0 Å². The molecule has 120 valence electrons. The molecule has 0 spiro atoms. The molecule has 6 unspecified atom stereocenters. The summed E-state index contributed by atoms with van der Waals surface area (Å²) in [5.74, 6) is -2.81. The van der Waals surface area contributed by atoms with Crippen molar-refractivity contribution in [1.29, 1.82) is 0 Å². The minimum absolute atomic E-state index is 0.0777. The summed E-state index contributed by atoms with van der Waals surface area (Å²) in [6, 6.07) is 0. The van der Waals surface area contributed by atoms with Gasteiger partial charge in [0.05, 0.1) is 17.1 Å². The first-order valence-electron chi connectivity index (χ1n) is 6.95. The lowest BCUT2D eigenvalue weighted by atomic mass is 9.78. The molecule has 1 N–H and O–H groups in total. The SMILES string of the molecule is C=C(C)C(=O)OCCOC(=O)C1C2SC3C(OC(=O)C31)C2O. The molecule has 6 atom stereocenters. The Balaban J connectivity index is 1.54. The monoisotopic (exact) mass is 328 g/mol. The van der Waals surface area contributed by atoms with Gasteiger partial charge in [-0.05, 0) is 6.92 Å². The predicted molar refractivity (Wildman–Crippen MR) is 74.8 cm³/mol. The smallest absolute Gasteiger partial charge is 0.333 e. The summed E-state index contributed by atoms with van der Waals surface area (Å²) < 4.78 is 15.0. The van der Waals surface area contributed by atoms with Crippen LogP contribution in [0.15, 0.2) is 12.2 Å². The molecule has 0 aliphatic carbocycles. The minimum Gasteiger partial charge on any atom is -0.462 e. The molecular weight excluding hydrogens is 312 g/mol. The fraction of sp³-hybridized carbons (Fsp3) is 0.643. The van der Waals surface area contributed by atoms with E-state index in [0.29, 0.717) is 0 Å². The van der Waals surface area contributed by atoms with Crippen LogP contribution in [0.4, 0.5) is 0 Å². The summed E-state index contributed by atoms with van der Waals surface area (Å²) in [5, 5.41) is 9.51. The van der Waals surface area contributed by atoms with Crippen LogP contribution in [0.25, 0.3) is 0 Å². The van der Waals surface area contributed by atoms with Gasteiger partial charge in [-0.25, -0.2) is 4.79 Å². The molecule has 2 bridgehead atoms. The molecule has 0 aromatic rings. The van der Waals surface area contributed by atoms with Crippen LogP contribution in [0.3, 0.4) is 0 Å². The number of ether oxygens (including phenoxy) is 3. The molecule has 3 rings (SSSR count). The van der Waals surface area contributed by atoms with E-state index in [4.69, 9.17) is 14.2 Å². The van der Waals surface area contributed by atoms with Crippen LogP contribution in [0.1, 0.15) is 6.92 Å². The lowest BCUT2D eigenvalue weighted by molar-refractivity contribution is -0.157. The van der Waals surface area contributed by atoms with Gasteiger partial charge >= 0.3 is 17.9 Å². The highest BCUT2D eigenvalue weighted by Gasteiger charge is 2.69. The van der Waals surface area contributed by atoms with Gasteiger partial charge in [0.1, 0.15) is 25.4 Å². The van der Waals surface area contributed by atoms with E-state index in [-0.39, 0.29) is 29.3 Å². The quantitative estimate of drug-likeness (QED) is 0.317. The van der Waals surface area contributed by atoms with Crippen LogP contribution in [0.2, 0.25) is 0 Å². The third-order valence-corrected chi connectivity index (χ3v) is 5.87. The van der Waals surface area contributed by atoms with E-state index in [1.807, 2.05) is 0 Å². The number of hydrogen-bond acceptors (Lipinski definition) is 8. The van der Waals surface area contributed by atoms with Crippen molar-refractivity contribution in [1.82, 2.24) is 0 Å². The first-order chi connectivity index (χ1) is 10.4. The van der Waals surface area contributed by atoms with E-state index >= 15 is 0 Å². The van der Waals surface area contributed by atoms with E-state index in [1.54, 1.807) is 0 Å². The third kappa shape index (κ3) is 2.30. The Morgan fingerprint density at radius 2 is 2.00 bits per heavy atom. The summed E-state index contributed by atoms with van der Waals surface area (Å²) in [6.07, 6.45) is -1.34. The maximum Gasteiger partial charge on any atom is 0.333 e. The number of fused-ring (bicyclic) bond motifs is 1. The number of aliphatic hydroxyl groups excluding tert-OH is 1. The summed E-state index contributed by atoms with van der Waals surface area (Å²) in [6.45, 7) is 4.78. The van der Waals surface area contributed by atoms with Crippen molar-refractivity contribution in [3.05, 3.63) is 12.2 Å². The van der Waals surface area contributed by atoms with Crippen molar-refractivity contribution in [2.45, 2.75) is 29.6 Å². The van der Waals surface area contributed by atoms with Crippen molar-refractivity contribution in [2.24, 2.45) is 11.8 Å². The van der Waals surface area contributed by atoms with Gasteiger partial charge < -0.3 is 19.3 Å². The van der Waals surface area contributed by atoms with Crippen molar-refractivity contribution >= 4 is 29.7 Å². The first kappa shape index (κ1) is 15.4. The van der Waals surface area contributed by atoms with Crippen LogP contribution in [0.5, 0.6) is 0 Å². The topological polar surface area (TPSA) is 99.1 Å². The van der Waals surface area contributed by atoms with Crippen LogP contribution >= 0.6 is 11.8 Å². The zero-order valence-electron chi connectivity index (χ0n) is 11.9. The summed E-state index contributed by atoms with van der Waals surface area (Å²) >= 11 is 1.41. The molecule has 7 nitrogen and oxygen atoms in total. The summed E-state index contributed by atoms with van der Waals surface area (Å²) in [7, 11) is 0. The van der Waals surface area contributed by atoms with Gasteiger partial charge in [0.15, 0.2) is 0 Å². The van der Waals surface area contributed by atoms with Gasteiger partial charge in [0.2, 0.25) is 0 Å². The highest BCUT2D eigenvalue weighted by molar-refractivity contribution is 8.01. The third-order valence-electron chi connectivity index (χ3n) is 4.11. The number of thioether (sulfide) groups is 1. The molecule has 3 heterocycles. The predicted octanol–water partition coefficient (Wildman–Crippen LogP) is -0.335. The molecule has 0 aromatic carbocycles. The van der Waals surface area contributed by atoms with Gasteiger partial charge in [-0.1, -0.05) is 6.58 Å². The molecule has 8 heteroatoms. The molecule has 3 aliphatic rings. The Morgan fingerprint density at radius 1 is 1.32 bits per heavy atom. The van der Waals surface area contributed by atoms with Crippen molar-refractivity contribution in [3.63, 3.8) is 0 Å². The average molecular weight is 328 g/mol. The molecule has 0 amide bonds. The summed E-state index contributed by atoms with van der Waals surface area (Å²) in [5.41, 5.74) is 0.263. The number of hydrogen-bond donors (Lipinski definition) is 1. The average Bonchev–Trinajstić information content (AvgIpc) is 3.07. The fourth-order valence-electron chi connectivity index (χ4n) is 3.12. The van der Waals surface area contributed by atoms with E-state index in [0.717, 1.165) is 0 Å². The maximum atomic E-state index is 12.2. The van der Waals surface area contributed by atoms with Crippen LogP contribution < -0.4 is 0 Å². The standard InChI is InChI=1S/C14H16O7S/c1-5(2)12(16)19-3-4-20-13(17)6-7-11-9(21-14(7)18)8(15)10(6)22-11/h6-11,15H,1,3-4H2,2H3. The van der Waals surface area contributed by atoms with E-state index in [9.17, 15) is 19.5 Å². The van der Waals surface area contributed by atoms with E-state index in [1.165, 1.54) is 18.7 Å². The molecule has 0 aromatic heterocycles. The van der Waals surface area contributed by atoms with E-state index in [2.05, 4.69) is 6.58 Å². The number of aliphatic hydroxyl groups is 1. The van der Waals surface area contributed by atoms with Crippen LogP contribution in [-0.4, -0.2) is 58.9 Å². The molecule has 3 saturated heterocycles. The lowest BCUT2D eigenvalue weighted by Crippen LogP contribution is -2.45. The molecule has 22 heavy (non-hydrogen) atoms. The van der Waals surface area contributed by atoms with Gasteiger partial charge in [-0.3, -0.25) is 9.59 Å². The molecular formula is C14H16O7S. The molecule has 3 fully saturated rings. The second-order valence-corrected chi connectivity index (χ2v) is 6.95. The van der Waals surface area contributed by atoms with Crippen LogP contribution in [0, 0.1) is 11.8 Å². The van der Waals surface area contributed by atoms with Crippen molar-refractivity contribution in [2.75, 3.05) is 13.2 Å². The highest BCUT2D eigenvalue weighted by atomic mass is 32.2. The Morgan fingerprint density at radius 3 is 2.68 bits per heavy atom. The van der Waals surface area contributed by atoms with Gasteiger partial charge in [-0.2, -0.15) is 0 Å². The lowest BCUT2D eigenvalue weighted by Gasteiger charge is -2.25. The maximum absolute atomic E-state index is 12.2. The first-order valence-corrected chi connectivity index (χ1v) is 7.89. The van der Waals surface area contributed by atoms with Gasteiger partial charge in [0, 0.05) is 10.8 Å². The largest absolute Gasteiger partial charge is 0.462 e. The molecule has 3 aliphatic heterocycles. The second-order valence-electron chi connectivity index (χ2n) is 5.59. The van der Waals surface area contributed by atoms with Crippen LogP contribution in [-0.2, 0) is 28.6 Å². The van der Waals surface area contributed by atoms with Gasteiger partial charge in [-0.15, -0.1) is 11.8 Å². The normalized spacial score (nSPS) is 37.8. The Labute approximate surface area is 131 Å². The molecule has 0 saturated carbocycles. The zero-order valence-corrected chi connectivity index (χ0v) is 12.7. The Kier molecular flexibility index (Phi) is 3.90. The second kappa shape index (κ2) is 5.58. The summed E-state index contributed by atoms with van der Waals surface area (Å²) in [4.78, 5) is 35.2. The van der Waals surface area contributed by atoms with Gasteiger partial charge in [0.25, 0.3) is 0 Å². The Bertz CT molecular complexity index is 545. The molecule has 0 radical (unpaired) electrons. The minimum atomic E-state index is -0.837. The number of carbonyl (C=O) groups excluding carboxylic acids is 3. The zero-order chi connectivity index (χ0) is 16.0. The number of carbonyl (C=O) groups is 3. The van der Waals surface area contributed by atoms with E-state index < -0.39 is 42.0 Å². The number of esters is 3. The highest BCUT2D eigenvalue weighted by Crippen LogP contribution is 2.58. The fourth-order valence-corrected chi connectivity index (χ4v) is 5.07. The Hall–Kier alpha value is -1.54. The van der Waals surface area contributed by atoms with Crippen molar-refractivity contribution < 1.29 is 33.7 Å². The number of rotatable bonds is 5.